The van der Waals surface area contributed by atoms with E-state index in [1.807, 2.05) is 0 Å². The minimum atomic E-state index is -0.917. The first kappa shape index (κ1) is 18.5. The second-order valence-electron chi connectivity index (χ2n) is 5.45. The van der Waals surface area contributed by atoms with Crippen molar-refractivity contribution in [1.29, 1.82) is 0 Å². The quantitative estimate of drug-likeness (QED) is 0.691. The van der Waals surface area contributed by atoms with Crippen LogP contribution in [0, 0.1) is 11.6 Å². The second-order valence-corrected chi connectivity index (χ2v) is 5.88. The maximum Gasteiger partial charge on any atom is 0.274 e. The Morgan fingerprint density at radius 3 is 2.11 bits per heavy atom. The van der Waals surface area contributed by atoms with E-state index in [2.05, 4.69) is 15.6 Å². The van der Waals surface area contributed by atoms with E-state index in [0.717, 1.165) is 12.1 Å². The summed E-state index contributed by atoms with van der Waals surface area (Å²) < 4.78 is 26.6. The van der Waals surface area contributed by atoms with Crippen molar-refractivity contribution in [3.8, 4) is 0 Å². The van der Waals surface area contributed by atoms with E-state index in [4.69, 9.17) is 11.6 Å². The van der Waals surface area contributed by atoms with Crippen LogP contribution in [0.3, 0.4) is 0 Å². The molecule has 0 saturated heterocycles. The molecule has 2 aromatic carbocycles. The number of hydrogen-bond acceptors (Lipinski definition) is 3. The van der Waals surface area contributed by atoms with Gasteiger partial charge in [-0.05, 0) is 48.5 Å². The number of amides is 2. The van der Waals surface area contributed by atoms with Gasteiger partial charge >= 0.3 is 0 Å². The van der Waals surface area contributed by atoms with Crippen molar-refractivity contribution in [1.82, 2.24) is 4.98 Å². The van der Waals surface area contributed by atoms with Gasteiger partial charge in [0.05, 0.1) is 5.69 Å². The standard InChI is InChI=1S/C19H12ClF2N3O2/c20-11-4-7-13(8-5-11)23-18(26)16-2-1-3-17(24-16)19(27)25-15-9-6-12(21)10-14(15)22/h1-10H,(H,23,26)(H,25,27). The molecule has 0 saturated carbocycles. The number of hydrogen-bond donors (Lipinski definition) is 2. The normalized spacial score (nSPS) is 10.3. The molecule has 8 heteroatoms. The molecule has 5 nitrogen and oxygen atoms in total. The van der Waals surface area contributed by atoms with Gasteiger partial charge in [0.2, 0.25) is 0 Å². The molecule has 0 aliphatic carbocycles. The Morgan fingerprint density at radius 1 is 0.852 bits per heavy atom. The molecule has 1 aromatic heterocycles. The Balaban J connectivity index is 1.75. The number of carbonyl (C=O) groups excluding carboxylic acids is 2. The van der Waals surface area contributed by atoms with Crippen molar-refractivity contribution < 1.29 is 18.4 Å². The van der Waals surface area contributed by atoms with Crippen molar-refractivity contribution in [3.63, 3.8) is 0 Å². The van der Waals surface area contributed by atoms with Gasteiger partial charge in [-0.15, -0.1) is 0 Å². The van der Waals surface area contributed by atoms with Crippen LogP contribution < -0.4 is 10.6 Å². The second kappa shape index (κ2) is 7.92. The van der Waals surface area contributed by atoms with E-state index >= 15 is 0 Å². The summed E-state index contributed by atoms with van der Waals surface area (Å²) in [6.07, 6.45) is 0. The molecule has 2 N–H and O–H groups in total. The van der Waals surface area contributed by atoms with E-state index in [-0.39, 0.29) is 17.1 Å². The summed E-state index contributed by atoms with van der Waals surface area (Å²) in [5.74, 6) is -2.94. The zero-order valence-corrected chi connectivity index (χ0v) is 14.4. The van der Waals surface area contributed by atoms with Crippen LogP contribution in [0.5, 0.6) is 0 Å². The molecular formula is C19H12ClF2N3O2. The molecule has 1 heterocycles. The number of carbonyl (C=O) groups is 2. The average Bonchev–Trinajstić information content (AvgIpc) is 2.66. The van der Waals surface area contributed by atoms with Gasteiger partial charge in [0.1, 0.15) is 23.0 Å². The molecule has 0 bridgehead atoms. The predicted molar refractivity (Wildman–Crippen MR) is 98.0 cm³/mol. The van der Waals surface area contributed by atoms with Crippen molar-refractivity contribution in [2.75, 3.05) is 10.6 Å². The Kier molecular flexibility index (Phi) is 5.42. The van der Waals surface area contributed by atoms with Crippen LogP contribution in [0.1, 0.15) is 21.0 Å². The molecule has 0 spiro atoms. The van der Waals surface area contributed by atoms with Gasteiger partial charge in [0, 0.05) is 16.8 Å². The molecule has 27 heavy (non-hydrogen) atoms. The molecular weight excluding hydrogens is 376 g/mol. The number of pyridine rings is 1. The largest absolute Gasteiger partial charge is 0.321 e. The zero-order valence-electron chi connectivity index (χ0n) is 13.7. The average molecular weight is 388 g/mol. The van der Waals surface area contributed by atoms with Crippen LogP contribution in [0.2, 0.25) is 5.02 Å². The van der Waals surface area contributed by atoms with Crippen molar-refractivity contribution in [2.45, 2.75) is 0 Å². The van der Waals surface area contributed by atoms with E-state index < -0.39 is 23.4 Å². The van der Waals surface area contributed by atoms with Gasteiger partial charge in [-0.2, -0.15) is 0 Å². The summed E-state index contributed by atoms with van der Waals surface area (Å²) in [6, 6.07) is 13.5. The number of nitrogens with zero attached hydrogens (tertiary/aromatic N) is 1. The van der Waals surface area contributed by atoms with Gasteiger partial charge in [-0.25, -0.2) is 13.8 Å². The van der Waals surface area contributed by atoms with Crippen molar-refractivity contribution in [2.24, 2.45) is 0 Å². The zero-order chi connectivity index (χ0) is 19.4. The third-order valence-corrected chi connectivity index (χ3v) is 3.75. The molecule has 0 aliphatic rings. The minimum absolute atomic E-state index is 0.00261. The van der Waals surface area contributed by atoms with Crippen LogP contribution in [0.4, 0.5) is 20.2 Å². The molecule has 0 atom stereocenters. The number of halogens is 3. The summed E-state index contributed by atoms with van der Waals surface area (Å²) >= 11 is 5.79. The Bertz CT molecular complexity index is 1010. The summed E-state index contributed by atoms with van der Waals surface area (Å²) in [6.45, 7) is 0. The summed E-state index contributed by atoms with van der Waals surface area (Å²) in [5.41, 5.74) is 0.216. The lowest BCUT2D eigenvalue weighted by molar-refractivity contribution is 0.101. The Morgan fingerprint density at radius 2 is 1.48 bits per heavy atom. The third-order valence-electron chi connectivity index (χ3n) is 3.50. The fourth-order valence-electron chi connectivity index (χ4n) is 2.19. The van der Waals surface area contributed by atoms with Gasteiger partial charge in [-0.3, -0.25) is 9.59 Å². The number of benzene rings is 2. The maximum atomic E-state index is 13.7. The molecule has 0 aliphatic heterocycles. The van der Waals surface area contributed by atoms with Gasteiger partial charge in [-0.1, -0.05) is 17.7 Å². The first-order valence-electron chi connectivity index (χ1n) is 7.73. The van der Waals surface area contributed by atoms with Gasteiger partial charge in [0.15, 0.2) is 0 Å². The molecule has 0 unspecified atom stereocenters. The highest BCUT2D eigenvalue weighted by molar-refractivity contribution is 6.30. The number of anilines is 2. The highest BCUT2D eigenvalue weighted by atomic mass is 35.5. The molecule has 136 valence electrons. The monoisotopic (exact) mass is 387 g/mol. The van der Waals surface area contributed by atoms with Crippen molar-refractivity contribution in [3.05, 3.63) is 88.7 Å². The van der Waals surface area contributed by atoms with Crippen LogP contribution >= 0.6 is 11.6 Å². The Labute approximate surface area is 158 Å². The fraction of sp³-hybridized carbons (Fsp3) is 0. The van der Waals surface area contributed by atoms with Crippen LogP contribution in [-0.4, -0.2) is 16.8 Å². The van der Waals surface area contributed by atoms with Crippen LogP contribution in [0.25, 0.3) is 0 Å². The topological polar surface area (TPSA) is 71.1 Å². The number of rotatable bonds is 4. The lowest BCUT2D eigenvalue weighted by Crippen LogP contribution is -2.19. The SMILES string of the molecule is O=C(Nc1ccc(Cl)cc1)c1cccc(C(=O)Nc2ccc(F)cc2F)n1. The van der Waals surface area contributed by atoms with E-state index in [0.29, 0.717) is 16.8 Å². The molecule has 0 fully saturated rings. The highest BCUT2D eigenvalue weighted by Crippen LogP contribution is 2.17. The first-order chi connectivity index (χ1) is 12.9. The first-order valence-corrected chi connectivity index (χ1v) is 8.10. The minimum Gasteiger partial charge on any atom is -0.321 e. The third kappa shape index (κ3) is 4.65. The molecule has 3 rings (SSSR count). The summed E-state index contributed by atoms with van der Waals surface area (Å²) in [7, 11) is 0. The molecule has 2 amide bonds. The highest BCUT2D eigenvalue weighted by Gasteiger charge is 2.14. The van der Waals surface area contributed by atoms with Gasteiger partial charge in [0.25, 0.3) is 11.8 Å². The predicted octanol–water partition coefficient (Wildman–Crippen LogP) is 4.52. The Hall–Kier alpha value is -3.32. The number of aromatic nitrogens is 1. The summed E-state index contributed by atoms with van der Waals surface area (Å²) in [4.78, 5) is 28.5. The maximum absolute atomic E-state index is 13.7. The van der Waals surface area contributed by atoms with Gasteiger partial charge < -0.3 is 10.6 Å². The van der Waals surface area contributed by atoms with Crippen LogP contribution in [0.15, 0.2) is 60.7 Å². The van der Waals surface area contributed by atoms with Crippen molar-refractivity contribution >= 4 is 34.8 Å². The van der Waals surface area contributed by atoms with E-state index in [1.54, 1.807) is 24.3 Å². The summed E-state index contributed by atoms with van der Waals surface area (Å²) in [5, 5.41) is 5.44. The lowest BCUT2D eigenvalue weighted by Gasteiger charge is -2.08. The van der Waals surface area contributed by atoms with E-state index in [1.165, 1.54) is 18.2 Å². The van der Waals surface area contributed by atoms with E-state index in [9.17, 15) is 18.4 Å². The molecule has 0 radical (unpaired) electrons. The fourth-order valence-corrected chi connectivity index (χ4v) is 2.32. The number of nitrogens with one attached hydrogen (secondary N) is 2. The molecule has 3 aromatic rings. The lowest BCUT2D eigenvalue weighted by atomic mass is 10.2. The smallest absolute Gasteiger partial charge is 0.274 e. The van der Waals surface area contributed by atoms with Crippen LogP contribution in [-0.2, 0) is 0 Å².